The van der Waals surface area contributed by atoms with Crippen molar-refractivity contribution < 1.29 is 4.79 Å². The Balaban J connectivity index is 2.13. The van der Waals surface area contributed by atoms with Gasteiger partial charge < -0.3 is 10.7 Å². The molecule has 1 amide bonds. The lowest BCUT2D eigenvalue weighted by atomic mass is 10.1. The first-order valence-corrected chi connectivity index (χ1v) is 7.14. The third-order valence-corrected chi connectivity index (χ3v) is 3.56. The summed E-state index contributed by atoms with van der Waals surface area (Å²) in [6.45, 7) is 2.56. The molecule has 0 heterocycles. The zero-order chi connectivity index (χ0) is 15.2. The van der Waals surface area contributed by atoms with Gasteiger partial charge in [-0.15, -0.1) is 0 Å². The smallest absolute Gasteiger partial charge is 0.253 e. The number of aryl methyl sites for hydroxylation is 1. The first-order chi connectivity index (χ1) is 10.2. The van der Waals surface area contributed by atoms with Gasteiger partial charge in [0.2, 0.25) is 0 Å². The van der Waals surface area contributed by atoms with E-state index < -0.39 is 0 Å². The molecule has 0 radical (unpaired) electrons. The number of hydrogen-bond donors (Lipinski definition) is 3. The maximum Gasteiger partial charge on any atom is 0.253 e. The van der Waals surface area contributed by atoms with Gasteiger partial charge in [0, 0.05) is 11.6 Å². The van der Waals surface area contributed by atoms with Crippen molar-refractivity contribution >= 4 is 23.2 Å². The van der Waals surface area contributed by atoms with Gasteiger partial charge >= 0.3 is 0 Å². The van der Waals surface area contributed by atoms with Crippen LogP contribution in [0, 0.1) is 0 Å². The van der Waals surface area contributed by atoms with Crippen molar-refractivity contribution in [3.05, 3.63) is 64.2 Å². The number of rotatable bonds is 5. The van der Waals surface area contributed by atoms with Crippen LogP contribution in [0.3, 0.4) is 0 Å². The summed E-state index contributed by atoms with van der Waals surface area (Å²) in [5, 5.41) is 3.39. The Morgan fingerprint density at radius 2 is 1.90 bits per heavy atom. The molecule has 0 unspecified atom stereocenters. The number of nitrogen functional groups attached to an aromatic ring is 1. The van der Waals surface area contributed by atoms with Crippen LogP contribution < -0.4 is 16.6 Å². The van der Waals surface area contributed by atoms with Crippen molar-refractivity contribution in [2.24, 2.45) is 5.84 Å². The standard InChI is InChI=1S/C16H18ClN3O/c1-2-11-5-3-4-6-12(11)10-19-16(21)14-9-13(17)7-8-15(14)20-18/h3-9,20H,2,10,18H2,1H3,(H,19,21). The van der Waals surface area contributed by atoms with Gasteiger partial charge in [-0.3, -0.25) is 10.6 Å². The third-order valence-electron chi connectivity index (χ3n) is 3.32. The molecular weight excluding hydrogens is 286 g/mol. The molecule has 0 saturated carbocycles. The molecule has 0 aliphatic rings. The maximum absolute atomic E-state index is 12.3. The van der Waals surface area contributed by atoms with Crippen molar-refractivity contribution in [1.29, 1.82) is 0 Å². The normalized spacial score (nSPS) is 10.2. The summed E-state index contributed by atoms with van der Waals surface area (Å²) in [6, 6.07) is 13.0. The van der Waals surface area contributed by atoms with E-state index in [4.69, 9.17) is 17.4 Å². The van der Waals surface area contributed by atoms with Crippen molar-refractivity contribution in [2.75, 3.05) is 5.43 Å². The first kappa shape index (κ1) is 15.4. The molecule has 0 aliphatic carbocycles. The Labute approximate surface area is 129 Å². The largest absolute Gasteiger partial charge is 0.348 e. The average molecular weight is 304 g/mol. The Kier molecular flexibility index (Phi) is 5.20. The summed E-state index contributed by atoms with van der Waals surface area (Å²) in [5.41, 5.74) is 5.81. The highest BCUT2D eigenvalue weighted by atomic mass is 35.5. The number of hydrazine groups is 1. The molecule has 4 nitrogen and oxygen atoms in total. The number of benzene rings is 2. The molecule has 110 valence electrons. The van der Waals surface area contributed by atoms with Gasteiger partial charge in [-0.05, 0) is 35.7 Å². The van der Waals surface area contributed by atoms with E-state index in [-0.39, 0.29) is 5.91 Å². The Morgan fingerprint density at radius 1 is 1.19 bits per heavy atom. The highest BCUT2D eigenvalue weighted by Crippen LogP contribution is 2.20. The van der Waals surface area contributed by atoms with Crippen LogP contribution in [-0.4, -0.2) is 5.91 Å². The van der Waals surface area contributed by atoms with Crippen molar-refractivity contribution in [2.45, 2.75) is 19.9 Å². The number of carbonyl (C=O) groups excluding carboxylic acids is 1. The minimum Gasteiger partial charge on any atom is -0.348 e. The molecule has 4 N–H and O–H groups in total. The van der Waals surface area contributed by atoms with E-state index in [9.17, 15) is 4.79 Å². The molecule has 2 rings (SSSR count). The highest BCUT2D eigenvalue weighted by molar-refractivity contribution is 6.31. The molecule has 5 heteroatoms. The van der Waals surface area contributed by atoms with E-state index in [2.05, 4.69) is 23.7 Å². The van der Waals surface area contributed by atoms with Gasteiger partial charge in [0.25, 0.3) is 5.91 Å². The molecule has 0 atom stereocenters. The quantitative estimate of drug-likeness (QED) is 0.587. The van der Waals surface area contributed by atoms with Gasteiger partial charge in [0.1, 0.15) is 0 Å². The predicted molar refractivity (Wildman–Crippen MR) is 86.3 cm³/mol. The van der Waals surface area contributed by atoms with Crippen molar-refractivity contribution in [3.63, 3.8) is 0 Å². The van der Waals surface area contributed by atoms with E-state index in [1.807, 2.05) is 18.2 Å². The van der Waals surface area contributed by atoms with Gasteiger partial charge in [-0.1, -0.05) is 42.8 Å². The van der Waals surface area contributed by atoms with Crippen LogP contribution in [0.1, 0.15) is 28.4 Å². The SMILES string of the molecule is CCc1ccccc1CNC(=O)c1cc(Cl)ccc1NN. The molecule has 0 saturated heterocycles. The summed E-state index contributed by atoms with van der Waals surface area (Å²) in [6.07, 6.45) is 0.929. The van der Waals surface area contributed by atoms with Gasteiger partial charge in [-0.25, -0.2) is 0 Å². The zero-order valence-corrected chi connectivity index (χ0v) is 12.6. The predicted octanol–water partition coefficient (Wildman–Crippen LogP) is 3.12. The van der Waals surface area contributed by atoms with Crippen LogP contribution in [0.25, 0.3) is 0 Å². The Hall–Kier alpha value is -2.04. The lowest BCUT2D eigenvalue weighted by molar-refractivity contribution is 0.0951. The van der Waals surface area contributed by atoms with E-state index in [1.54, 1.807) is 18.2 Å². The number of hydrogen-bond acceptors (Lipinski definition) is 3. The van der Waals surface area contributed by atoms with Crippen LogP contribution in [0.2, 0.25) is 5.02 Å². The molecular formula is C16H18ClN3O. The summed E-state index contributed by atoms with van der Waals surface area (Å²) in [5.74, 6) is 5.21. The molecule has 0 bridgehead atoms. The number of carbonyl (C=O) groups is 1. The number of anilines is 1. The third kappa shape index (κ3) is 3.74. The van der Waals surface area contributed by atoms with Crippen LogP contribution in [0.4, 0.5) is 5.69 Å². The second-order valence-corrected chi connectivity index (χ2v) is 5.08. The minimum atomic E-state index is -0.212. The summed E-state index contributed by atoms with van der Waals surface area (Å²) >= 11 is 5.93. The molecule has 2 aromatic rings. The monoisotopic (exact) mass is 303 g/mol. The Bertz CT molecular complexity index is 643. The zero-order valence-electron chi connectivity index (χ0n) is 11.8. The van der Waals surface area contributed by atoms with E-state index >= 15 is 0 Å². The molecule has 0 aliphatic heterocycles. The number of nitrogens with two attached hydrogens (primary N) is 1. The van der Waals surface area contributed by atoms with E-state index in [0.29, 0.717) is 22.8 Å². The fourth-order valence-electron chi connectivity index (χ4n) is 2.18. The van der Waals surface area contributed by atoms with Crippen LogP contribution in [-0.2, 0) is 13.0 Å². The van der Waals surface area contributed by atoms with Crippen LogP contribution in [0.15, 0.2) is 42.5 Å². The minimum absolute atomic E-state index is 0.212. The molecule has 2 aromatic carbocycles. The fourth-order valence-corrected chi connectivity index (χ4v) is 2.35. The van der Waals surface area contributed by atoms with Gasteiger partial charge in [0.05, 0.1) is 11.3 Å². The molecule has 21 heavy (non-hydrogen) atoms. The van der Waals surface area contributed by atoms with Gasteiger partial charge in [-0.2, -0.15) is 0 Å². The molecule has 0 aromatic heterocycles. The Morgan fingerprint density at radius 3 is 2.57 bits per heavy atom. The lowest BCUT2D eigenvalue weighted by Gasteiger charge is -2.12. The highest BCUT2D eigenvalue weighted by Gasteiger charge is 2.12. The number of amides is 1. The maximum atomic E-state index is 12.3. The van der Waals surface area contributed by atoms with Crippen molar-refractivity contribution in [3.8, 4) is 0 Å². The average Bonchev–Trinajstić information content (AvgIpc) is 2.52. The summed E-state index contributed by atoms with van der Waals surface area (Å²) in [7, 11) is 0. The fraction of sp³-hybridized carbons (Fsp3) is 0.188. The number of halogens is 1. The van der Waals surface area contributed by atoms with E-state index in [1.165, 1.54) is 5.56 Å². The van der Waals surface area contributed by atoms with Crippen LogP contribution in [0.5, 0.6) is 0 Å². The van der Waals surface area contributed by atoms with E-state index in [0.717, 1.165) is 12.0 Å². The summed E-state index contributed by atoms with van der Waals surface area (Å²) in [4.78, 5) is 12.3. The van der Waals surface area contributed by atoms with Crippen molar-refractivity contribution in [1.82, 2.24) is 5.32 Å². The molecule has 0 fully saturated rings. The second-order valence-electron chi connectivity index (χ2n) is 4.64. The molecule has 0 spiro atoms. The van der Waals surface area contributed by atoms with Gasteiger partial charge in [0.15, 0.2) is 0 Å². The van der Waals surface area contributed by atoms with Crippen LogP contribution >= 0.6 is 11.6 Å². The first-order valence-electron chi connectivity index (χ1n) is 6.76. The summed E-state index contributed by atoms with van der Waals surface area (Å²) < 4.78 is 0. The number of nitrogens with one attached hydrogen (secondary N) is 2. The second kappa shape index (κ2) is 7.11. The topological polar surface area (TPSA) is 67.2 Å². The lowest BCUT2D eigenvalue weighted by Crippen LogP contribution is -2.25.